The van der Waals surface area contributed by atoms with E-state index in [1.54, 1.807) is 11.0 Å². The molecule has 0 fully saturated rings. The number of halogens is 1. The summed E-state index contributed by atoms with van der Waals surface area (Å²) in [5, 5.41) is 8.06. The summed E-state index contributed by atoms with van der Waals surface area (Å²) in [4.78, 5) is 21.9. The van der Waals surface area contributed by atoms with Crippen LogP contribution in [-0.2, 0) is 5.41 Å². The Morgan fingerprint density at radius 3 is 2.68 bits per heavy atom. The number of rotatable bonds is 3. The molecule has 0 aliphatic heterocycles. The van der Waals surface area contributed by atoms with Gasteiger partial charge < -0.3 is 5.32 Å². The van der Waals surface area contributed by atoms with E-state index in [2.05, 4.69) is 57.1 Å². The van der Waals surface area contributed by atoms with E-state index < -0.39 is 0 Å². The molecule has 2 heterocycles. The van der Waals surface area contributed by atoms with Gasteiger partial charge in [0.1, 0.15) is 17.5 Å². The number of carbonyl (C=O) groups is 1. The maximum absolute atomic E-state index is 12.8. The van der Waals surface area contributed by atoms with E-state index in [1.165, 1.54) is 17.7 Å². The molecule has 25 heavy (non-hydrogen) atoms. The topological polar surface area (TPSA) is 72.7 Å². The molecule has 3 aromatic rings. The van der Waals surface area contributed by atoms with Gasteiger partial charge in [0.2, 0.25) is 0 Å². The molecule has 2 aromatic heterocycles. The normalized spacial score (nSPS) is 11.6. The Morgan fingerprint density at radius 2 is 2.08 bits per heavy atom. The zero-order chi connectivity index (χ0) is 18.2. The van der Waals surface area contributed by atoms with Crippen molar-refractivity contribution < 1.29 is 4.79 Å². The highest BCUT2D eigenvalue weighted by atomic mass is 79.9. The molecule has 0 atom stereocenters. The minimum atomic E-state index is -0.176. The molecule has 1 aromatic carbocycles. The third-order valence-corrected chi connectivity index (χ3v) is 5.59. The van der Waals surface area contributed by atoms with Crippen LogP contribution in [0.3, 0.4) is 0 Å². The van der Waals surface area contributed by atoms with Crippen molar-refractivity contribution >= 4 is 38.9 Å². The molecule has 6 nitrogen and oxygen atoms in total. The summed E-state index contributed by atoms with van der Waals surface area (Å²) in [6.45, 7) is 8.12. The van der Waals surface area contributed by atoms with Crippen LogP contribution in [0.15, 0.2) is 35.3 Å². The molecule has 1 N–H and O–H groups in total. The summed E-state index contributed by atoms with van der Waals surface area (Å²) in [5.74, 6) is -0.176. The van der Waals surface area contributed by atoms with Crippen LogP contribution in [0.4, 0.5) is 5.69 Å². The van der Waals surface area contributed by atoms with Crippen LogP contribution < -0.4 is 5.32 Å². The summed E-state index contributed by atoms with van der Waals surface area (Å²) < 4.78 is 2.48. The minimum Gasteiger partial charge on any atom is -0.319 e. The second-order valence-corrected chi connectivity index (χ2v) is 8.55. The Hall–Kier alpha value is -2.06. The van der Waals surface area contributed by atoms with Crippen molar-refractivity contribution in [2.24, 2.45) is 0 Å². The quantitative estimate of drug-likeness (QED) is 0.684. The van der Waals surface area contributed by atoms with Crippen molar-refractivity contribution in [1.29, 1.82) is 0 Å². The fourth-order valence-electron chi connectivity index (χ4n) is 2.25. The van der Waals surface area contributed by atoms with Gasteiger partial charge in [0.15, 0.2) is 0 Å². The summed E-state index contributed by atoms with van der Waals surface area (Å²) in [7, 11) is 0. The molecule has 0 unspecified atom stereocenters. The van der Waals surface area contributed by atoms with Gasteiger partial charge in [0.25, 0.3) is 5.91 Å². The Morgan fingerprint density at radius 1 is 1.32 bits per heavy atom. The molecule has 0 saturated heterocycles. The monoisotopic (exact) mass is 419 g/mol. The third-order valence-electron chi connectivity index (χ3n) is 3.52. The maximum Gasteiger partial charge on any atom is 0.267 e. The average Bonchev–Trinajstić information content (AvgIpc) is 3.16. The van der Waals surface area contributed by atoms with Crippen molar-refractivity contribution in [1.82, 2.24) is 19.7 Å². The van der Waals surface area contributed by atoms with Crippen LogP contribution in [0.2, 0.25) is 0 Å². The summed E-state index contributed by atoms with van der Waals surface area (Å²) >= 11 is 4.88. The molecule has 0 saturated carbocycles. The molecular formula is C17H18BrN5OS. The lowest BCUT2D eigenvalue weighted by Gasteiger charge is -2.13. The van der Waals surface area contributed by atoms with Crippen molar-refractivity contribution in [2.45, 2.75) is 33.1 Å². The highest BCUT2D eigenvalue weighted by Crippen LogP contribution is 2.31. The molecule has 0 bridgehead atoms. The SMILES string of the molecule is Cc1nc(C(C)(C)C)sc1C(=O)Nc1cc(Br)ccc1-n1cncn1. The highest BCUT2D eigenvalue weighted by Gasteiger charge is 2.23. The smallest absolute Gasteiger partial charge is 0.267 e. The van der Waals surface area contributed by atoms with E-state index >= 15 is 0 Å². The Bertz CT molecular complexity index is 912. The number of nitrogens with zero attached hydrogens (tertiary/aromatic N) is 4. The fraction of sp³-hybridized carbons (Fsp3) is 0.294. The van der Waals surface area contributed by atoms with E-state index in [0.717, 1.165) is 20.9 Å². The molecule has 0 spiro atoms. The van der Waals surface area contributed by atoms with E-state index in [9.17, 15) is 4.79 Å². The van der Waals surface area contributed by atoms with Gasteiger partial charge in [-0.05, 0) is 25.1 Å². The zero-order valence-electron chi connectivity index (χ0n) is 14.4. The first kappa shape index (κ1) is 17.8. The molecule has 0 aliphatic carbocycles. The molecule has 1 amide bonds. The van der Waals surface area contributed by atoms with Crippen LogP contribution in [0.1, 0.15) is 41.1 Å². The first-order valence-corrected chi connectivity index (χ1v) is 9.30. The molecular weight excluding hydrogens is 402 g/mol. The lowest BCUT2D eigenvalue weighted by Crippen LogP contribution is -2.14. The van der Waals surface area contributed by atoms with Crippen molar-refractivity contribution in [3.05, 3.63) is 50.9 Å². The summed E-state index contributed by atoms with van der Waals surface area (Å²) in [6, 6.07) is 5.60. The summed E-state index contributed by atoms with van der Waals surface area (Å²) in [5.41, 5.74) is 2.04. The molecule has 8 heteroatoms. The number of nitrogens with one attached hydrogen (secondary N) is 1. The number of aryl methyl sites for hydroxylation is 1. The minimum absolute atomic E-state index is 0.0877. The number of anilines is 1. The van der Waals surface area contributed by atoms with Gasteiger partial charge in [-0.25, -0.2) is 14.6 Å². The maximum atomic E-state index is 12.8. The first-order chi connectivity index (χ1) is 11.8. The van der Waals surface area contributed by atoms with E-state index in [4.69, 9.17) is 0 Å². The van der Waals surface area contributed by atoms with Gasteiger partial charge in [-0.1, -0.05) is 36.7 Å². The van der Waals surface area contributed by atoms with Crippen LogP contribution >= 0.6 is 27.3 Å². The highest BCUT2D eigenvalue weighted by molar-refractivity contribution is 9.10. The molecule has 3 rings (SSSR count). The van der Waals surface area contributed by atoms with Crippen LogP contribution in [0.5, 0.6) is 0 Å². The van der Waals surface area contributed by atoms with Gasteiger partial charge in [-0.15, -0.1) is 11.3 Å². The fourth-order valence-corrected chi connectivity index (χ4v) is 3.63. The van der Waals surface area contributed by atoms with Gasteiger partial charge in [-0.2, -0.15) is 5.10 Å². The van der Waals surface area contributed by atoms with Crippen molar-refractivity contribution in [3.63, 3.8) is 0 Å². The molecule has 130 valence electrons. The number of amides is 1. The predicted octanol–water partition coefficient (Wildman–Crippen LogP) is 4.34. The largest absolute Gasteiger partial charge is 0.319 e. The predicted molar refractivity (Wildman–Crippen MR) is 103 cm³/mol. The van der Waals surface area contributed by atoms with E-state index in [0.29, 0.717) is 10.6 Å². The van der Waals surface area contributed by atoms with Gasteiger partial charge in [0.05, 0.1) is 22.1 Å². The van der Waals surface area contributed by atoms with Crippen molar-refractivity contribution in [2.75, 3.05) is 5.32 Å². The number of hydrogen-bond donors (Lipinski definition) is 1. The first-order valence-electron chi connectivity index (χ1n) is 7.69. The standard InChI is InChI=1S/C17H18BrN5OS/c1-10-14(25-16(21-10)17(2,3)4)15(24)22-12-7-11(18)5-6-13(12)23-9-19-8-20-23/h5-9H,1-4H3,(H,22,24). The van der Waals surface area contributed by atoms with Gasteiger partial charge >= 0.3 is 0 Å². The Kier molecular flexibility index (Phi) is 4.75. The number of benzene rings is 1. The third kappa shape index (κ3) is 3.80. The molecule has 0 aliphatic rings. The number of thiazole rings is 1. The molecule has 0 radical (unpaired) electrons. The lowest BCUT2D eigenvalue weighted by molar-refractivity contribution is 0.103. The van der Waals surface area contributed by atoms with Gasteiger partial charge in [-0.3, -0.25) is 4.79 Å². The Labute approximate surface area is 158 Å². The van der Waals surface area contributed by atoms with Gasteiger partial charge in [0, 0.05) is 9.89 Å². The lowest BCUT2D eigenvalue weighted by atomic mass is 9.98. The zero-order valence-corrected chi connectivity index (χ0v) is 16.8. The van der Waals surface area contributed by atoms with E-state index in [-0.39, 0.29) is 11.3 Å². The number of aromatic nitrogens is 4. The summed E-state index contributed by atoms with van der Waals surface area (Å²) in [6.07, 6.45) is 3.05. The van der Waals surface area contributed by atoms with Crippen LogP contribution in [-0.4, -0.2) is 25.7 Å². The van der Waals surface area contributed by atoms with Crippen molar-refractivity contribution in [3.8, 4) is 5.69 Å². The van der Waals surface area contributed by atoms with Crippen LogP contribution in [0.25, 0.3) is 5.69 Å². The number of carbonyl (C=O) groups excluding carboxylic acids is 1. The van der Waals surface area contributed by atoms with E-state index in [1.807, 2.05) is 25.1 Å². The Balaban J connectivity index is 1.94. The number of hydrogen-bond acceptors (Lipinski definition) is 5. The second-order valence-electron chi connectivity index (χ2n) is 6.64. The second kappa shape index (κ2) is 6.68. The average molecular weight is 420 g/mol. The van der Waals surface area contributed by atoms with Crippen LogP contribution in [0, 0.1) is 6.92 Å².